The molecule has 108 valence electrons. The van der Waals surface area contributed by atoms with E-state index in [-0.39, 0.29) is 0 Å². The van der Waals surface area contributed by atoms with E-state index in [9.17, 15) is 0 Å². The average Bonchev–Trinajstić information content (AvgIpc) is 2.38. The minimum atomic E-state index is 0.315. The fourth-order valence-corrected chi connectivity index (χ4v) is 1.29. The largest absolute Gasteiger partial charge is 0.461 e. The quantitative estimate of drug-likeness (QED) is 0.675. The Morgan fingerprint density at radius 1 is 1.05 bits per heavy atom. The molecule has 0 aliphatic rings. The van der Waals surface area contributed by atoms with Gasteiger partial charge in [-0.25, -0.2) is 0 Å². The summed E-state index contributed by atoms with van der Waals surface area (Å²) in [6, 6.07) is 0.315. The molecule has 0 aromatic carbocycles. The van der Waals surface area contributed by atoms with Gasteiger partial charge in [0.1, 0.15) is 6.61 Å². The van der Waals surface area contributed by atoms with Crippen LogP contribution in [0.3, 0.4) is 0 Å². The van der Waals surface area contributed by atoms with Gasteiger partial charge in [0.05, 0.1) is 6.61 Å². The molecule has 0 radical (unpaired) electrons. The van der Waals surface area contributed by atoms with E-state index in [1.165, 1.54) is 0 Å². The van der Waals surface area contributed by atoms with Crippen molar-refractivity contribution in [3.05, 3.63) is 0 Å². The van der Waals surface area contributed by atoms with Crippen LogP contribution in [0.2, 0.25) is 0 Å². The zero-order chi connectivity index (χ0) is 14.1. The van der Waals surface area contributed by atoms with E-state index in [1.54, 1.807) is 0 Å². The van der Waals surface area contributed by atoms with Crippen LogP contribution in [0.5, 0.6) is 6.01 Å². The molecular weight excluding hydrogens is 246 g/mol. The number of hydrogen-bond donors (Lipinski definition) is 1. The minimum Gasteiger partial charge on any atom is -0.461 e. The lowest BCUT2D eigenvalue weighted by atomic mass is 10.5. The van der Waals surface area contributed by atoms with Gasteiger partial charge in [-0.2, -0.15) is 15.0 Å². The van der Waals surface area contributed by atoms with E-state index in [2.05, 4.69) is 27.2 Å². The van der Waals surface area contributed by atoms with Gasteiger partial charge in [-0.15, -0.1) is 0 Å². The van der Waals surface area contributed by atoms with E-state index in [0.717, 1.165) is 19.6 Å². The highest BCUT2D eigenvalue weighted by atomic mass is 16.5. The molecule has 7 nitrogen and oxygen atoms in total. The fraction of sp³-hybridized carbons (Fsp3) is 0.750. The van der Waals surface area contributed by atoms with Gasteiger partial charge in [0.25, 0.3) is 0 Å². The average molecular weight is 269 g/mol. The highest BCUT2D eigenvalue weighted by Crippen LogP contribution is 2.12. The predicted molar refractivity (Wildman–Crippen MR) is 74.9 cm³/mol. The standard InChI is InChI=1S/C12H23N5O2/c1-5-7-18-8-9-19-12-15-10(13-6-2)14-11(16-12)17(3)4/h5-9H2,1-4H3,(H,13,14,15,16). The first-order valence-corrected chi connectivity index (χ1v) is 6.55. The summed E-state index contributed by atoms with van der Waals surface area (Å²) >= 11 is 0. The second-order valence-electron chi connectivity index (χ2n) is 4.13. The SMILES string of the molecule is CCCOCCOc1nc(NCC)nc(N(C)C)n1. The Morgan fingerprint density at radius 2 is 1.84 bits per heavy atom. The number of anilines is 2. The van der Waals surface area contributed by atoms with Crippen molar-refractivity contribution in [2.45, 2.75) is 20.3 Å². The van der Waals surface area contributed by atoms with Crippen molar-refractivity contribution < 1.29 is 9.47 Å². The maximum Gasteiger partial charge on any atom is 0.323 e. The Bertz CT molecular complexity index is 373. The summed E-state index contributed by atoms with van der Waals surface area (Å²) in [5.74, 6) is 1.08. The predicted octanol–water partition coefficient (Wildman–Crippen LogP) is 1.17. The molecule has 7 heteroatoms. The van der Waals surface area contributed by atoms with Crippen molar-refractivity contribution in [3.63, 3.8) is 0 Å². The topological polar surface area (TPSA) is 72.4 Å². The third-order valence-corrected chi connectivity index (χ3v) is 2.15. The van der Waals surface area contributed by atoms with E-state index in [0.29, 0.717) is 31.1 Å². The van der Waals surface area contributed by atoms with Gasteiger partial charge in [0.2, 0.25) is 11.9 Å². The highest BCUT2D eigenvalue weighted by Gasteiger charge is 2.08. The van der Waals surface area contributed by atoms with E-state index >= 15 is 0 Å². The summed E-state index contributed by atoms with van der Waals surface area (Å²) in [7, 11) is 3.75. The molecule has 0 saturated heterocycles. The van der Waals surface area contributed by atoms with Crippen molar-refractivity contribution in [2.24, 2.45) is 0 Å². The molecule has 19 heavy (non-hydrogen) atoms. The molecule has 0 unspecified atom stereocenters. The van der Waals surface area contributed by atoms with Crippen LogP contribution in [0.1, 0.15) is 20.3 Å². The molecule has 0 amide bonds. The number of ether oxygens (including phenoxy) is 2. The Morgan fingerprint density at radius 3 is 2.47 bits per heavy atom. The van der Waals surface area contributed by atoms with Gasteiger partial charge in [-0.05, 0) is 13.3 Å². The maximum atomic E-state index is 5.48. The summed E-state index contributed by atoms with van der Waals surface area (Å²) < 4.78 is 10.8. The van der Waals surface area contributed by atoms with Gasteiger partial charge in [0.15, 0.2) is 0 Å². The second kappa shape index (κ2) is 8.47. The number of hydrogen-bond acceptors (Lipinski definition) is 7. The zero-order valence-corrected chi connectivity index (χ0v) is 12.1. The number of nitrogens with one attached hydrogen (secondary N) is 1. The maximum absolute atomic E-state index is 5.48. The third kappa shape index (κ3) is 5.69. The van der Waals surface area contributed by atoms with Gasteiger partial charge >= 0.3 is 6.01 Å². The van der Waals surface area contributed by atoms with E-state index in [4.69, 9.17) is 9.47 Å². The van der Waals surface area contributed by atoms with E-state index in [1.807, 2.05) is 25.9 Å². The summed E-state index contributed by atoms with van der Waals surface area (Å²) in [4.78, 5) is 14.5. The molecule has 0 aliphatic carbocycles. The lowest BCUT2D eigenvalue weighted by molar-refractivity contribution is 0.0972. The van der Waals surface area contributed by atoms with Gasteiger partial charge in [-0.1, -0.05) is 6.92 Å². The van der Waals surface area contributed by atoms with Crippen LogP contribution in [0.4, 0.5) is 11.9 Å². The molecule has 0 bridgehead atoms. The molecule has 0 fully saturated rings. The van der Waals surface area contributed by atoms with Crippen LogP contribution in [0, 0.1) is 0 Å². The Kier molecular flexibility index (Phi) is 6.88. The lowest BCUT2D eigenvalue weighted by Crippen LogP contribution is -2.17. The molecule has 0 saturated carbocycles. The van der Waals surface area contributed by atoms with Crippen molar-refractivity contribution in [1.82, 2.24) is 15.0 Å². The summed E-state index contributed by atoms with van der Waals surface area (Å²) in [5, 5.41) is 3.05. The van der Waals surface area contributed by atoms with Crippen molar-refractivity contribution >= 4 is 11.9 Å². The van der Waals surface area contributed by atoms with Gasteiger partial charge in [-0.3, -0.25) is 0 Å². The van der Waals surface area contributed by atoms with Crippen LogP contribution in [-0.2, 0) is 4.74 Å². The van der Waals surface area contributed by atoms with Crippen molar-refractivity contribution in [2.75, 3.05) is 50.7 Å². The zero-order valence-electron chi connectivity index (χ0n) is 12.1. The molecular formula is C12H23N5O2. The molecule has 1 rings (SSSR count). The Hall–Kier alpha value is -1.63. The third-order valence-electron chi connectivity index (χ3n) is 2.15. The Balaban J connectivity index is 2.60. The fourth-order valence-electron chi connectivity index (χ4n) is 1.29. The van der Waals surface area contributed by atoms with Gasteiger partial charge < -0.3 is 19.7 Å². The lowest BCUT2D eigenvalue weighted by Gasteiger charge is -2.13. The number of aromatic nitrogens is 3. The van der Waals surface area contributed by atoms with Crippen molar-refractivity contribution in [1.29, 1.82) is 0 Å². The summed E-state index contributed by atoms with van der Waals surface area (Å²) in [6.07, 6.45) is 1.00. The normalized spacial score (nSPS) is 10.3. The first kappa shape index (κ1) is 15.4. The second-order valence-corrected chi connectivity index (χ2v) is 4.13. The monoisotopic (exact) mass is 269 g/mol. The molecule has 1 heterocycles. The summed E-state index contributed by atoms with van der Waals surface area (Å²) in [6.45, 7) is 6.51. The molecule has 0 atom stereocenters. The summed E-state index contributed by atoms with van der Waals surface area (Å²) in [5.41, 5.74) is 0. The molecule has 0 spiro atoms. The first-order valence-electron chi connectivity index (χ1n) is 6.55. The van der Waals surface area contributed by atoms with E-state index < -0.39 is 0 Å². The highest BCUT2D eigenvalue weighted by molar-refractivity contribution is 5.36. The first-order chi connectivity index (χ1) is 9.17. The smallest absolute Gasteiger partial charge is 0.323 e. The number of rotatable bonds is 9. The molecule has 1 N–H and O–H groups in total. The van der Waals surface area contributed by atoms with Crippen LogP contribution >= 0.6 is 0 Å². The molecule has 1 aromatic rings. The van der Waals surface area contributed by atoms with Gasteiger partial charge in [0, 0.05) is 27.2 Å². The van der Waals surface area contributed by atoms with Crippen molar-refractivity contribution in [3.8, 4) is 6.01 Å². The van der Waals surface area contributed by atoms with Crippen LogP contribution in [-0.4, -0.2) is 55.4 Å². The number of nitrogens with zero attached hydrogens (tertiary/aromatic N) is 4. The minimum absolute atomic E-state index is 0.315. The van der Waals surface area contributed by atoms with Crippen LogP contribution in [0.25, 0.3) is 0 Å². The molecule has 1 aromatic heterocycles. The Labute approximate surface area is 114 Å². The van der Waals surface area contributed by atoms with Crippen LogP contribution in [0.15, 0.2) is 0 Å². The molecule has 0 aliphatic heterocycles. The van der Waals surface area contributed by atoms with Crippen LogP contribution < -0.4 is 15.0 Å².